The largest absolute Gasteiger partial charge is 0.383 e. The molecule has 4 rings (SSSR count). The molecule has 10 heteroatoms. The highest BCUT2D eigenvalue weighted by Gasteiger charge is 2.32. The molecule has 168 valence electrons. The van der Waals surface area contributed by atoms with Gasteiger partial charge in [0.05, 0.1) is 39.5 Å². The van der Waals surface area contributed by atoms with Gasteiger partial charge in [-0.3, -0.25) is 14.5 Å². The van der Waals surface area contributed by atoms with Crippen LogP contribution in [0.4, 0.5) is 0 Å². The highest BCUT2D eigenvalue weighted by molar-refractivity contribution is 7.20. The second-order valence-corrected chi connectivity index (χ2v) is 8.54. The van der Waals surface area contributed by atoms with Gasteiger partial charge in [0.25, 0.3) is 5.91 Å². The molecule has 0 radical (unpaired) electrons. The lowest BCUT2D eigenvalue weighted by molar-refractivity contribution is -0.141. The summed E-state index contributed by atoms with van der Waals surface area (Å²) < 4.78 is 16.5. The maximum absolute atomic E-state index is 12.9. The number of morpholine rings is 2. The molecule has 4 heterocycles. The summed E-state index contributed by atoms with van der Waals surface area (Å²) in [7, 11) is 1.60. The number of carbonyl (C=O) groups excluding carboxylic acids is 2. The molecule has 2 amide bonds. The van der Waals surface area contributed by atoms with Gasteiger partial charge < -0.3 is 24.4 Å². The minimum Gasteiger partial charge on any atom is -0.383 e. The first-order chi connectivity index (χ1) is 15.2. The number of nitrogens with zero attached hydrogens (tertiary/aromatic N) is 3. The van der Waals surface area contributed by atoms with Gasteiger partial charge >= 0.3 is 0 Å². The number of fused-ring (bicyclic) bond motifs is 1. The maximum atomic E-state index is 12.9. The molecular formula is C21H28N4O5S. The van der Waals surface area contributed by atoms with Crippen molar-refractivity contribution in [3.8, 4) is 0 Å². The van der Waals surface area contributed by atoms with Crippen LogP contribution in [0.3, 0.4) is 0 Å². The van der Waals surface area contributed by atoms with E-state index >= 15 is 0 Å². The third-order valence-corrected chi connectivity index (χ3v) is 6.63. The van der Waals surface area contributed by atoms with Crippen LogP contribution in [0.5, 0.6) is 0 Å². The lowest BCUT2D eigenvalue weighted by atomic mass is 10.0. The Morgan fingerprint density at radius 2 is 2.13 bits per heavy atom. The van der Waals surface area contributed by atoms with Gasteiger partial charge in [0.2, 0.25) is 5.91 Å². The quantitative estimate of drug-likeness (QED) is 0.629. The molecule has 2 aromatic heterocycles. The molecule has 2 aromatic rings. The van der Waals surface area contributed by atoms with E-state index in [4.69, 9.17) is 14.2 Å². The molecule has 2 aliphatic heterocycles. The summed E-state index contributed by atoms with van der Waals surface area (Å²) in [6.07, 6.45) is 1.35. The van der Waals surface area contributed by atoms with Gasteiger partial charge in [-0.25, -0.2) is 4.98 Å². The summed E-state index contributed by atoms with van der Waals surface area (Å²) in [5.74, 6) is -0.0885. The van der Waals surface area contributed by atoms with Gasteiger partial charge in [-0.1, -0.05) is 6.07 Å². The van der Waals surface area contributed by atoms with Gasteiger partial charge in [-0.15, -0.1) is 11.3 Å². The molecule has 2 aliphatic rings. The van der Waals surface area contributed by atoms with E-state index in [2.05, 4.69) is 15.2 Å². The number of thiophene rings is 1. The van der Waals surface area contributed by atoms with Gasteiger partial charge in [-0.05, 0) is 6.07 Å². The van der Waals surface area contributed by atoms with Crippen LogP contribution >= 0.6 is 11.3 Å². The molecule has 1 unspecified atom stereocenters. The molecule has 1 N–H and O–H groups in total. The standard InChI is InChI=1S/C21H28N4O5S/c1-28-9-5-22-20(27)19-18(15-3-2-4-23-21(15)31-19)16-13-25(8-12-30-16)17(26)14-24-6-10-29-11-7-24/h2-4,16H,5-14H2,1H3,(H,22,27). The topological polar surface area (TPSA) is 93.2 Å². The third-order valence-electron chi connectivity index (χ3n) is 5.51. The van der Waals surface area contributed by atoms with E-state index in [1.165, 1.54) is 11.3 Å². The SMILES string of the molecule is COCCNC(=O)c1sc2ncccc2c1C1CN(C(=O)CN2CCOCC2)CCO1. The number of methoxy groups -OCH3 is 1. The van der Waals surface area contributed by atoms with Crippen molar-refractivity contribution in [2.45, 2.75) is 6.10 Å². The number of nitrogens with one attached hydrogen (secondary N) is 1. The maximum Gasteiger partial charge on any atom is 0.261 e. The van der Waals surface area contributed by atoms with Crippen LogP contribution in [0, 0.1) is 0 Å². The van der Waals surface area contributed by atoms with Crippen LogP contribution in [0.15, 0.2) is 18.3 Å². The lowest BCUT2D eigenvalue weighted by Gasteiger charge is -2.35. The second-order valence-electron chi connectivity index (χ2n) is 7.54. The van der Waals surface area contributed by atoms with E-state index in [-0.39, 0.29) is 17.9 Å². The Labute approximate surface area is 185 Å². The molecule has 0 aromatic carbocycles. The van der Waals surface area contributed by atoms with E-state index in [0.717, 1.165) is 28.9 Å². The monoisotopic (exact) mass is 448 g/mol. The fraction of sp³-hybridized carbons (Fsp3) is 0.571. The molecule has 9 nitrogen and oxygen atoms in total. The van der Waals surface area contributed by atoms with Crippen LogP contribution in [0.1, 0.15) is 21.3 Å². The van der Waals surface area contributed by atoms with E-state index in [0.29, 0.717) is 57.5 Å². The summed E-state index contributed by atoms with van der Waals surface area (Å²) in [5, 5.41) is 3.79. The number of hydrogen-bond donors (Lipinski definition) is 1. The number of ether oxygens (including phenoxy) is 3. The highest BCUT2D eigenvalue weighted by atomic mass is 32.1. The fourth-order valence-electron chi connectivity index (χ4n) is 3.89. The molecule has 0 bridgehead atoms. The Kier molecular flexibility index (Phi) is 7.46. The Bertz CT molecular complexity index is 914. The average Bonchev–Trinajstić information content (AvgIpc) is 3.20. The number of pyridine rings is 1. The third kappa shape index (κ3) is 5.21. The molecule has 1 atom stereocenters. The minimum absolute atomic E-state index is 0.0824. The van der Waals surface area contributed by atoms with E-state index in [9.17, 15) is 9.59 Å². The smallest absolute Gasteiger partial charge is 0.261 e. The Morgan fingerprint density at radius 1 is 1.29 bits per heavy atom. The normalized spacial score (nSPS) is 20.2. The van der Waals surface area contributed by atoms with Crippen LogP contribution in [0.25, 0.3) is 10.2 Å². The lowest BCUT2D eigenvalue weighted by Crippen LogP contribution is -2.48. The van der Waals surface area contributed by atoms with Crippen LogP contribution < -0.4 is 5.32 Å². The fourth-order valence-corrected chi connectivity index (χ4v) is 5.00. The zero-order valence-electron chi connectivity index (χ0n) is 17.7. The van der Waals surface area contributed by atoms with Gasteiger partial charge in [0.1, 0.15) is 15.8 Å². The van der Waals surface area contributed by atoms with E-state index < -0.39 is 0 Å². The summed E-state index contributed by atoms with van der Waals surface area (Å²) >= 11 is 1.35. The zero-order valence-corrected chi connectivity index (χ0v) is 18.5. The number of carbonyl (C=O) groups is 2. The predicted molar refractivity (Wildman–Crippen MR) is 116 cm³/mol. The summed E-state index contributed by atoms with van der Waals surface area (Å²) in [6.45, 7) is 5.51. The van der Waals surface area contributed by atoms with Crippen molar-refractivity contribution in [1.29, 1.82) is 0 Å². The molecule has 0 spiro atoms. The first-order valence-corrected chi connectivity index (χ1v) is 11.3. The molecule has 0 aliphatic carbocycles. The first-order valence-electron chi connectivity index (χ1n) is 10.5. The highest BCUT2D eigenvalue weighted by Crippen LogP contribution is 2.37. The van der Waals surface area contributed by atoms with Crippen molar-refractivity contribution >= 4 is 33.4 Å². The predicted octanol–water partition coefficient (Wildman–Crippen LogP) is 0.905. The van der Waals surface area contributed by atoms with Gasteiger partial charge in [-0.2, -0.15) is 0 Å². The molecule has 31 heavy (non-hydrogen) atoms. The number of aromatic nitrogens is 1. The van der Waals surface area contributed by atoms with Crippen molar-refractivity contribution in [3.63, 3.8) is 0 Å². The number of rotatable bonds is 7. The van der Waals surface area contributed by atoms with E-state index in [1.807, 2.05) is 17.0 Å². The summed E-state index contributed by atoms with van der Waals surface area (Å²) in [6, 6.07) is 3.81. The second kappa shape index (κ2) is 10.5. The number of amides is 2. The zero-order chi connectivity index (χ0) is 21.6. The summed E-state index contributed by atoms with van der Waals surface area (Å²) in [4.78, 5) is 35.6. The van der Waals surface area contributed by atoms with E-state index in [1.54, 1.807) is 13.3 Å². The van der Waals surface area contributed by atoms with Crippen molar-refractivity contribution in [3.05, 3.63) is 28.8 Å². The summed E-state index contributed by atoms with van der Waals surface area (Å²) in [5.41, 5.74) is 0.812. The van der Waals surface area contributed by atoms with Crippen LogP contribution in [-0.2, 0) is 19.0 Å². The molecular weight excluding hydrogens is 420 g/mol. The molecule has 2 saturated heterocycles. The average molecular weight is 449 g/mol. The van der Waals surface area contributed by atoms with Gasteiger partial charge in [0.15, 0.2) is 0 Å². The first kappa shape index (κ1) is 22.1. The Morgan fingerprint density at radius 3 is 2.94 bits per heavy atom. The van der Waals surface area contributed by atoms with Crippen LogP contribution in [0.2, 0.25) is 0 Å². The molecule has 2 fully saturated rings. The Balaban J connectivity index is 1.53. The van der Waals surface area contributed by atoms with Crippen molar-refractivity contribution < 1.29 is 23.8 Å². The van der Waals surface area contributed by atoms with Gasteiger partial charge in [0, 0.05) is 50.4 Å². The van der Waals surface area contributed by atoms with Crippen LogP contribution in [-0.4, -0.2) is 99.4 Å². The van der Waals surface area contributed by atoms with Crippen molar-refractivity contribution in [2.75, 3.05) is 72.8 Å². The molecule has 0 saturated carbocycles. The number of hydrogen-bond acceptors (Lipinski definition) is 8. The Hall–Kier alpha value is -2.11. The minimum atomic E-state index is -0.372. The van der Waals surface area contributed by atoms with Crippen molar-refractivity contribution in [2.24, 2.45) is 0 Å². The van der Waals surface area contributed by atoms with Crippen molar-refractivity contribution in [1.82, 2.24) is 20.1 Å².